The number of fused-ring (bicyclic) bond motifs is 1. The number of thioether (sulfide) groups is 1. The van der Waals surface area contributed by atoms with Gasteiger partial charge in [0.1, 0.15) is 6.54 Å². The number of benzene rings is 2. The fourth-order valence-electron chi connectivity index (χ4n) is 6.21. The molecule has 0 radical (unpaired) electrons. The van der Waals surface area contributed by atoms with Gasteiger partial charge in [-0.2, -0.15) is 5.10 Å². The summed E-state index contributed by atoms with van der Waals surface area (Å²) in [6.45, 7) is 1.76. The van der Waals surface area contributed by atoms with Crippen molar-refractivity contribution in [3.8, 4) is 0 Å². The van der Waals surface area contributed by atoms with Crippen LogP contribution in [-0.2, 0) is 19.1 Å². The van der Waals surface area contributed by atoms with Crippen LogP contribution in [0.2, 0.25) is 0 Å². The number of nitrogens with zero attached hydrogens (tertiary/aromatic N) is 3. The van der Waals surface area contributed by atoms with Crippen molar-refractivity contribution in [2.45, 2.75) is 69.6 Å². The van der Waals surface area contributed by atoms with Gasteiger partial charge in [-0.05, 0) is 56.9 Å². The van der Waals surface area contributed by atoms with E-state index in [0.717, 1.165) is 67.5 Å². The lowest BCUT2D eigenvalue weighted by Gasteiger charge is -2.26. The second-order valence-corrected chi connectivity index (χ2v) is 12.4. The third-order valence-corrected chi connectivity index (χ3v) is 9.31. The van der Waals surface area contributed by atoms with Crippen LogP contribution in [0.15, 0.2) is 58.5 Å². The van der Waals surface area contributed by atoms with Crippen molar-refractivity contribution >= 4 is 52.5 Å². The van der Waals surface area contributed by atoms with Gasteiger partial charge in [-0.3, -0.25) is 19.3 Å². The van der Waals surface area contributed by atoms with Crippen LogP contribution in [-0.4, -0.2) is 59.9 Å². The third-order valence-electron chi connectivity index (χ3n) is 8.34. The number of carbonyl (C=O) groups excluding carboxylic acids is 4. The van der Waals surface area contributed by atoms with Crippen molar-refractivity contribution in [2.24, 2.45) is 16.9 Å². The van der Waals surface area contributed by atoms with E-state index >= 15 is 0 Å². The van der Waals surface area contributed by atoms with Crippen LogP contribution in [0.3, 0.4) is 0 Å². The number of anilines is 2. The summed E-state index contributed by atoms with van der Waals surface area (Å²) < 4.78 is 5.00. The summed E-state index contributed by atoms with van der Waals surface area (Å²) in [4.78, 5) is 54.9. The van der Waals surface area contributed by atoms with Crippen molar-refractivity contribution in [2.75, 3.05) is 35.7 Å². The Kier molecular flexibility index (Phi) is 10.5. The van der Waals surface area contributed by atoms with Crippen LogP contribution >= 0.6 is 11.8 Å². The van der Waals surface area contributed by atoms with E-state index in [0.29, 0.717) is 18.0 Å². The lowest BCUT2D eigenvalue weighted by molar-refractivity contribution is -0.139. The van der Waals surface area contributed by atoms with E-state index in [1.165, 1.54) is 28.1 Å². The van der Waals surface area contributed by atoms with E-state index < -0.39 is 11.9 Å². The Morgan fingerprint density at radius 1 is 0.953 bits per heavy atom. The quantitative estimate of drug-likeness (QED) is 0.239. The van der Waals surface area contributed by atoms with E-state index in [1.807, 2.05) is 30.3 Å². The van der Waals surface area contributed by atoms with Crippen LogP contribution in [0.25, 0.3) is 0 Å². The normalized spacial score (nSPS) is 17.7. The highest BCUT2D eigenvalue weighted by Gasteiger charge is 2.36. The summed E-state index contributed by atoms with van der Waals surface area (Å²) in [5.41, 5.74) is 2.90. The Morgan fingerprint density at radius 3 is 2.47 bits per heavy atom. The smallest absolute Gasteiger partial charge is 0.345 e. The summed E-state index contributed by atoms with van der Waals surface area (Å²) in [7, 11) is 0. The van der Waals surface area contributed by atoms with Crippen LogP contribution in [0.5, 0.6) is 0 Å². The number of Topliss-reactive ketones (excluding diaryl/α,β-unsaturated/α-hetero) is 1. The maximum atomic E-state index is 14.1. The molecule has 5 rings (SSSR count). The minimum atomic E-state index is -0.474. The molecule has 1 heterocycles. The van der Waals surface area contributed by atoms with Gasteiger partial charge in [0.05, 0.1) is 30.3 Å². The highest BCUT2D eigenvalue weighted by atomic mass is 32.2. The van der Waals surface area contributed by atoms with E-state index in [-0.39, 0.29) is 42.4 Å². The molecule has 0 spiro atoms. The number of ketones is 1. The Bertz CT molecular complexity index is 1370. The van der Waals surface area contributed by atoms with Crippen LogP contribution in [0.4, 0.5) is 16.2 Å². The van der Waals surface area contributed by atoms with Crippen molar-refractivity contribution in [1.29, 1.82) is 0 Å². The second kappa shape index (κ2) is 14.7. The molecule has 3 aliphatic rings. The molecular weight excluding hydrogens is 564 g/mol. The molecule has 1 N–H and O–H groups in total. The number of para-hydroxylation sites is 1. The zero-order valence-corrected chi connectivity index (χ0v) is 25.6. The van der Waals surface area contributed by atoms with Gasteiger partial charge >= 0.3 is 12.0 Å². The number of hydrazone groups is 1. The highest BCUT2D eigenvalue weighted by molar-refractivity contribution is 8.00. The molecule has 0 aromatic heterocycles. The number of hydrogen-bond donors (Lipinski definition) is 1. The number of carbonyl (C=O) groups is 4. The van der Waals surface area contributed by atoms with E-state index in [4.69, 9.17) is 9.84 Å². The molecule has 2 saturated carbocycles. The monoisotopic (exact) mass is 604 g/mol. The molecule has 3 amide bonds. The Labute approximate surface area is 257 Å². The van der Waals surface area contributed by atoms with Crippen molar-refractivity contribution in [1.82, 2.24) is 5.01 Å². The molecule has 10 heteroatoms. The van der Waals surface area contributed by atoms with Crippen LogP contribution < -0.4 is 10.2 Å². The summed E-state index contributed by atoms with van der Waals surface area (Å²) in [6, 6.07) is 14.4. The lowest BCUT2D eigenvalue weighted by Crippen LogP contribution is -2.46. The van der Waals surface area contributed by atoms with Crippen molar-refractivity contribution in [3.05, 3.63) is 54.1 Å². The molecule has 2 aromatic rings. The average Bonchev–Trinajstić information content (AvgIpc) is 3.54. The van der Waals surface area contributed by atoms with Crippen LogP contribution in [0, 0.1) is 11.8 Å². The highest BCUT2D eigenvalue weighted by Crippen LogP contribution is 2.35. The average molecular weight is 605 g/mol. The number of esters is 1. The first-order valence-corrected chi connectivity index (χ1v) is 16.4. The van der Waals surface area contributed by atoms with Gasteiger partial charge in [-0.15, -0.1) is 11.8 Å². The first-order chi connectivity index (χ1) is 20.9. The summed E-state index contributed by atoms with van der Waals surface area (Å²) in [6.07, 6.45) is 9.08. The molecule has 0 saturated heterocycles. The zero-order valence-electron chi connectivity index (χ0n) is 24.8. The molecule has 2 aliphatic carbocycles. The molecule has 43 heavy (non-hydrogen) atoms. The van der Waals surface area contributed by atoms with Crippen LogP contribution in [0.1, 0.15) is 70.3 Å². The van der Waals surface area contributed by atoms with Gasteiger partial charge in [-0.25, -0.2) is 9.80 Å². The maximum absolute atomic E-state index is 14.1. The van der Waals surface area contributed by atoms with Gasteiger partial charge < -0.3 is 10.1 Å². The zero-order chi connectivity index (χ0) is 30.2. The minimum Gasteiger partial charge on any atom is -0.465 e. The number of nitrogens with one attached hydrogen (secondary N) is 1. The van der Waals surface area contributed by atoms with Crippen molar-refractivity contribution in [3.63, 3.8) is 0 Å². The largest absolute Gasteiger partial charge is 0.465 e. The predicted molar refractivity (Wildman–Crippen MR) is 168 cm³/mol. The molecule has 228 valence electrons. The Morgan fingerprint density at radius 2 is 1.70 bits per heavy atom. The summed E-state index contributed by atoms with van der Waals surface area (Å²) in [5, 5.41) is 8.99. The molecule has 0 atom stereocenters. The Balaban J connectivity index is 1.38. The molecule has 1 aliphatic heterocycles. The lowest BCUT2D eigenvalue weighted by atomic mass is 9.83. The van der Waals surface area contributed by atoms with E-state index in [1.54, 1.807) is 25.1 Å². The number of urea groups is 1. The predicted octanol–water partition coefficient (Wildman–Crippen LogP) is 6.27. The molecule has 2 aromatic carbocycles. The number of ether oxygens (including phenoxy) is 1. The van der Waals surface area contributed by atoms with Gasteiger partial charge in [0, 0.05) is 28.0 Å². The fourth-order valence-corrected chi connectivity index (χ4v) is 6.96. The first kappa shape index (κ1) is 30.8. The third kappa shape index (κ3) is 7.84. The molecular formula is C33H40N4O5S. The second-order valence-electron chi connectivity index (χ2n) is 11.4. The molecule has 0 unspecified atom stereocenters. The van der Waals surface area contributed by atoms with E-state index in [9.17, 15) is 19.2 Å². The number of hydrogen-bond acceptors (Lipinski definition) is 7. The minimum absolute atomic E-state index is 0.0346. The van der Waals surface area contributed by atoms with Gasteiger partial charge in [-0.1, -0.05) is 56.4 Å². The van der Waals surface area contributed by atoms with Gasteiger partial charge in [0.25, 0.3) is 0 Å². The standard InChI is InChI=1S/C33H40N4O5S/c1-2-42-31(40)22-43-26-16-10-15-25(19-26)34-30(39)21-37-33(41)36(20-29(38)23-11-6-7-12-23)28-18-9-8-17-27(28)32(35-37)24-13-4-3-5-14-24/h8-10,15-19,23-24H,2-7,11-14,20-22H2,1H3,(H,34,39). The Hall–Kier alpha value is -3.66. The molecule has 9 nitrogen and oxygen atoms in total. The fraction of sp³-hybridized carbons (Fsp3) is 0.485. The molecule has 2 fully saturated rings. The van der Waals surface area contributed by atoms with Crippen molar-refractivity contribution < 1.29 is 23.9 Å². The van der Waals surface area contributed by atoms with Gasteiger partial charge in [0.15, 0.2) is 5.78 Å². The van der Waals surface area contributed by atoms with E-state index in [2.05, 4.69) is 5.32 Å². The summed E-state index contributed by atoms with van der Waals surface area (Å²) >= 11 is 1.32. The maximum Gasteiger partial charge on any atom is 0.345 e. The number of amides is 3. The molecule has 0 bridgehead atoms. The summed E-state index contributed by atoms with van der Waals surface area (Å²) in [5.74, 6) is -0.337. The first-order valence-electron chi connectivity index (χ1n) is 15.4. The van der Waals surface area contributed by atoms with Gasteiger partial charge in [0.2, 0.25) is 5.91 Å². The SMILES string of the molecule is CCOC(=O)CSc1cccc(NC(=O)CN2N=C(C3CCCCC3)c3ccccc3N(CC(=O)C3CCCC3)C2=O)c1. The number of rotatable bonds is 11. The topological polar surface area (TPSA) is 108 Å².